The number of carbonyl (C=O) groups is 1. The predicted octanol–water partition coefficient (Wildman–Crippen LogP) is 5.26. The SMILES string of the molecule is CC(C)CCn1cccc(C(=O)Nc2ccc(-c3cn(C4CCCC4)c4ncnc(N)c34)cc2)c1=O. The average Bonchev–Trinajstić information content (AvgIpc) is 3.52. The number of fused-ring (bicyclic) bond motifs is 1. The van der Waals surface area contributed by atoms with Crippen molar-refractivity contribution in [3.8, 4) is 11.1 Å². The van der Waals surface area contributed by atoms with Gasteiger partial charge in [-0.25, -0.2) is 9.97 Å². The van der Waals surface area contributed by atoms with Crippen LogP contribution in [-0.2, 0) is 6.54 Å². The lowest BCUT2D eigenvalue weighted by Crippen LogP contribution is -2.29. The van der Waals surface area contributed by atoms with Crippen LogP contribution in [0.4, 0.5) is 11.5 Å². The maximum absolute atomic E-state index is 12.9. The third-order valence-electron chi connectivity index (χ3n) is 7.02. The molecular formula is C28H32N6O2. The van der Waals surface area contributed by atoms with E-state index in [1.165, 1.54) is 19.2 Å². The van der Waals surface area contributed by atoms with Crippen LogP contribution in [0.2, 0.25) is 0 Å². The maximum Gasteiger partial charge on any atom is 0.263 e. The highest BCUT2D eigenvalue weighted by molar-refractivity contribution is 6.04. The number of nitrogens with zero attached hydrogens (tertiary/aromatic N) is 4. The average molecular weight is 485 g/mol. The van der Waals surface area contributed by atoms with Gasteiger partial charge in [-0.3, -0.25) is 9.59 Å². The number of hydrogen-bond donors (Lipinski definition) is 2. The quantitative estimate of drug-likeness (QED) is 0.372. The van der Waals surface area contributed by atoms with Crippen LogP contribution in [0.15, 0.2) is 59.9 Å². The van der Waals surface area contributed by atoms with Crippen LogP contribution in [0.1, 0.15) is 62.4 Å². The Labute approximate surface area is 210 Å². The minimum absolute atomic E-state index is 0.134. The lowest BCUT2D eigenvalue weighted by Gasteiger charge is -2.12. The van der Waals surface area contributed by atoms with Gasteiger partial charge in [-0.1, -0.05) is 38.8 Å². The van der Waals surface area contributed by atoms with Gasteiger partial charge in [0.25, 0.3) is 11.5 Å². The molecule has 186 valence electrons. The summed E-state index contributed by atoms with van der Waals surface area (Å²) < 4.78 is 3.84. The fourth-order valence-electron chi connectivity index (χ4n) is 5.00. The van der Waals surface area contributed by atoms with Crippen LogP contribution in [0.25, 0.3) is 22.2 Å². The molecule has 1 aromatic carbocycles. The number of nitrogens with one attached hydrogen (secondary N) is 1. The lowest BCUT2D eigenvalue weighted by atomic mass is 10.1. The summed E-state index contributed by atoms with van der Waals surface area (Å²) in [6.45, 7) is 4.81. The summed E-state index contributed by atoms with van der Waals surface area (Å²) in [6, 6.07) is 11.3. The molecule has 0 atom stereocenters. The summed E-state index contributed by atoms with van der Waals surface area (Å²) in [6.07, 6.45) is 11.0. The van der Waals surface area contributed by atoms with Crippen molar-refractivity contribution < 1.29 is 4.79 Å². The number of anilines is 2. The van der Waals surface area contributed by atoms with Crippen molar-refractivity contribution in [2.75, 3.05) is 11.1 Å². The van der Waals surface area contributed by atoms with E-state index < -0.39 is 5.91 Å². The molecular weight excluding hydrogens is 452 g/mol. The van der Waals surface area contributed by atoms with E-state index in [1.807, 2.05) is 24.3 Å². The third kappa shape index (κ3) is 4.63. The second kappa shape index (κ2) is 9.97. The van der Waals surface area contributed by atoms with Gasteiger partial charge in [0.05, 0.1) is 5.39 Å². The van der Waals surface area contributed by atoms with Gasteiger partial charge in [0.2, 0.25) is 0 Å². The Balaban J connectivity index is 1.40. The summed E-state index contributed by atoms with van der Waals surface area (Å²) in [4.78, 5) is 34.5. The molecule has 1 aliphatic rings. The van der Waals surface area contributed by atoms with Crippen molar-refractivity contribution in [2.24, 2.45) is 5.92 Å². The minimum Gasteiger partial charge on any atom is -0.383 e. The van der Waals surface area contributed by atoms with E-state index >= 15 is 0 Å². The molecule has 1 fully saturated rings. The van der Waals surface area contributed by atoms with Gasteiger partial charge in [-0.05, 0) is 55.0 Å². The van der Waals surface area contributed by atoms with E-state index in [-0.39, 0.29) is 11.1 Å². The summed E-state index contributed by atoms with van der Waals surface area (Å²) in [5, 5.41) is 3.72. The topological polar surface area (TPSA) is 108 Å². The van der Waals surface area contributed by atoms with Crippen molar-refractivity contribution in [2.45, 2.75) is 58.5 Å². The van der Waals surface area contributed by atoms with E-state index in [1.54, 1.807) is 22.9 Å². The Kier molecular flexibility index (Phi) is 6.59. The van der Waals surface area contributed by atoms with Crippen LogP contribution < -0.4 is 16.6 Å². The minimum atomic E-state index is -0.415. The Morgan fingerprint density at radius 1 is 1.14 bits per heavy atom. The van der Waals surface area contributed by atoms with E-state index in [0.29, 0.717) is 30.0 Å². The second-order valence-electron chi connectivity index (χ2n) is 9.98. The summed E-state index contributed by atoms with van der Waals surface area (Å²) >= 11 is 0. The Morgan fingerprint density at radius 2 is 1.89 bits per heavy atom. The van der Waals surface area contributed by atoms with Crippen molar-refractivity contribution in [3.05, 3.63) is 71.0 Å². The third-order valence-corrected chi connectivity index (χ3v) is 7.02. The normalized spacial score (nSPS) is 14.1. The lowest BCUT2D eigenvalue weighted by molar-refractivity contribution is 0.102. The number of pyridine rings is 1. The zero-order chi connectivity index (χ0) is 25.2. The van der Waals surface area contributed by atoms with Crippen molar-refractivity contribution in [3.63, 3.8) is 0 Å². The molecule has 1 aliphatic carbocycles. The highest BCUT2D eigenvalue weighted by atomic mass is 16.2. The number of nitrogen functional groups attached to an aromatic ring is 1. The summed E-state index contributed by atoms with van der Waals surface area (Å²) in [5.41, 5.74) is 9.55. The zero-order valence-corrected chi connectivity index (χ0v) is 20.8. The van der Waals surface area contributed by atoms with Crippen LogP contribution in [0, 0.1) is 5.92 Å². The molecule has 0 aliphatic heterocycles. The molecule has 5 rings (SSSR count). The first-order valence-corrected chi connectivity index (χ1v) is 12.6. The number of hydrogen-bond acceptors (Lipinski definition) is 5. The Bertz CT molecular complexity index is 1450. The molecule has 3 heterocycles. The van der Waals surface area contributed by atoms with Gasteiger partial charge in [0, 0.05) is 36.2 Å². The predicted molar refractivity (Wildman–Crippen MR) is 143 cm³/mol. The molecule has 3 N–H and O–H groups in total. The first kappa shape index (κ1) is 23.8. The van der Waals surface area contributed by atoms with Crippen molar-refractivity contribution >= 4 is 28.4 Å². The molecule has 8 heteroatoms. The van der Waals surface area contributed by atoms with E-state index in [2.05, 4.69) is 39.9 Å². The van der Waals surface area contributed by atoms with Crippen molar-refractivity contribution in [1.29, 1.82) is 0 Å². The van der Waals surface area contributed by atoms with Crippen LogP contribution in [0.3, 0.4) is 0 Å². The largest absolute Gasteiger partial charge is 0.383 e. The molecule has 3 aromatic heterocycles. The standard InChI is InChI=1S/C28H32N6O2/c1-18(2)13-15-33-14-5-8-22(28(33)36)27(35)32-20-11-9-19(10-12-20)23-16-34(21-6-3-4-7-21)26-24(23)25(29)30-17-31-26/h5,8-12,14,16-18,21H,3-4,6-7,13,15H2,1-2H3,(H,32,35)(H2,29,30,31). The van der Waals surface area contributed by atoms with Gasteiger partial charge >= 0.3 is 0 Å². The maximum atomic E-state index is 12.9. The fourth-order valence-corrected chi connectivity index (χ4v) is 5.00. The Morgan fingerprint density at radius 3 is 2.61 bits per heavy atom. The van der Waals surface area contributed by atoms with Gasteiger partial charge in [0.15, 0.2) is 0 Å². The molecule has 1 saturated carbocycles. The molecule has 4 aromatic rings. The number of nitrogens with two attached hydrogens (primary N) is 1. The molecule has 0 unspecified atom stereocenters. The van der Waals surface area contributed by atoms with Crippen LogP contribution in [-0.4, -0.2) is 25.0 Å². The first-order chi connectivity index (χ1) is 17.4. The first-order valence-electron chi connectivity index (χ1n) is 12.6. The zero-order valence-electron chi connectivity index (χ0n) is 20.8. The van der Waals surface area contributed by atoms with Crippen molar-refractivity contribution in [1.82, 2.24) is 19.1 Å². The molecule has 1 amide bonds. The summed E-state index contributed by atoms with van der Waals surface area (Å²) in [5.74, 6) is 0.520. The van der Waals surface area contributed by atoms with E-state index in [0.717, 1.165) is 41.4 Å². The number of benzene rings is 1. The van der Waals surface area contributed by atoms with E-state index in [9.17, 15) is 9.59 Å². The van der Waals surface area contributed by atoms with E-state index in [4.69, 9.17) is 5.73 Å². The molecule has 8 nitrogen and oxygen atoms in total. The molecule has 36 heavy (non-hydrogen) atoms. The highest BCUT2D eigenvalue weighted by Crippen LogP contribution is 2.38. The molecule has 0 bridgehead atoms. The van der Waals surface area contributed by atoms with Gasteiger partial charge in [-0.2, -0.15) is 0 Å². The number of amides is 1. The number of carbonyl (C=O) groups excluding carboxylic acids is 1. The highest BCUT2D eigenvalue weighted by Gasteiger charge is 2.23. The van der Waals surface area contributed by atoms with Crippen LogP contribution >= 0.6 is 0 Å². The molecule has 0 saturated heterocycles. The summed E-state index contributed by atoms with van der Waals surface area (Å²) in [7, 11) is 0. The fraction of sp³-hybridized carbons (Fsp3) is 0.357. The number of aromatic nitrogens is 4. The second-order valence-corrected chi connectivity index (χ2v) is 9.98. The molecule has 0 radical (unpaired) electrons. The smallest absolute Gasteiger partial charge is 0.263 e. The van der Waals surface area contributed by atoms with Gasteiger partial charge in [-0.15, -0.1) is 0 Å². The van der Waals surface area contributed by atoms with Gasteiger partial charge < -0.3 is 20.2 Å². The number of aryl methyl sites for hydroxylation is 1. The Hall–Kier alpha value is -3.94. The van der Waals surface area contributed by atoms with Gasteiger partial charge in [0.1, 0.15) is 23.4 Å². The number of rotatable bonds is 7. The molecule has 0 spiro atoms. The van der Waals surface area contributed by atoms with Crippen LogP contribution in [0.5, 0.6) is 0 Å². The monoisotopic (exact) mass is 484 g/mol.